The molecule has 1 atom stereocenters. The normalized spacial score (nSPS) is 11.9. The Morgan fingerprint density at radius 3 is 2.52 bits per heavy atom. The molecule has 1 N–H and O–H groups in total. The number of nitrogens with zero attached hydrogens (tertiary/aromatic N) is 4. The SMILES string of the molecule is CCC(O)CN(Cc1nc(-c2ccc([N+](=O)[O-])cc2)no1)c1ccccc1. The highest BCUT2D eigenvalue weighted by molar-refractivity contribution is 5.56. The number of aromatic nitrogens is 2. The minimum Gasteiger partial charge on any atom is -0.391 e. The van der Waals surface area contributed by atoms with Crippen molar-refractivity contribution in [2.45, 2.75) is 26.0 Å². The molecule has 0 fully saturated rings. The van der Waals surface area contributed by atoms with Crippen LogP contribution in [-0.2, 0) is 6.54 Å². The molecule has 0 saturated carbocycles. The average Bonchev–Trinajstić information content (AvgIpc) is 3.16. The number of aliphatic hydroxyl groups excluding tert-OH is 1. The lowest BCUT2D eigenvalue weighted by Crippen LogP contribution is -2.31. The second-order valence-corrected chi connectivity index (χ2v) is 6.09. The van der Waals surface area contributed by atoms with Crippen molar-refractivity contribution in [3.63, 3.8) is 0 Å². The summed E-state index contributed by atoms with van der Waals surface area (Å²) in [7, 11) is 0. The largest absolute Gasteiger partial charge is 0.391 e. The fourth-order valence-electron chi connectivity index (χ4n) is 2.62. The fourth-order valence-corrected chi connectivity index (χ4v) is 2.62. The van der Waals surface area contributed by atoms with Crippen LogP contribution in [-0.4, -0.2) is 32.8 Å². The van der Waals surface area contributed by atoms with Gasteiger partial charge in [0.1, 0.15) is 0 Å². The molecule has 0 saturated heterocycles. The van der Waals surface area contributed by atoms with Gasteiger partial charge in [0.15, 0.2) is 0 Å². The number of nitro groups is 1. The molecule has 140 valence electrons. The summed E-state index contributed by atoms with van der Waals surface area (Å²) in [5.41, 5.74) is 1.59. The van der Waals surface area contributed by atoms with Gasteiger partial charge in [0.05, 0.1) is 17.6 Å². The Morgan fingerprint density at radius 1 is 1.19 bits per heavy atom. The molecule has 0 radical (unpaired) electrons. The standard InChI is InChI=1S/C19H20N4O4/c1-2-17(24)12-22(15-6-4-3-5-7-15)13-18-20-19(21-27-18)14-8-10-16(11-9-14)23(25)26/h3-11,17,24H,2,12-13H2,1H3. The number of hydrogen-bond acceptors (Lipinski definition) is 7. The maximum atomic E-state index is 10.8. The fraction of sp³-hybridized carbons (Fsp3) is 0.263. The van der Waals surface area contributed by atoms with Crippen molar-refractivity contribution >= 4 is 11.4 Å². The van der Waals surface area contributed by atoms with Gasteiger partial charge in [-0.3, -0.25) is 10.1 Å². The van der Waals surface area contributed by atoms with E-state index in [2.05, 4.69) is 10.1 Å². The molecule has 8 nitrogen and oxygen atoms in total. The molecule has 0 aliphatic heterocycles. The molecular formula is C19H20N4O4. The maximum absolute atomic E-state index is 10.8. The van der Waals surface area contributed by atoms with Crippen molar-refractivity contribution < 1.29 is 14.6 Å². The second-order valence-electron chi connectivity index (χ2n) is 6.09. The van der Waals surface area contributed by atoms with E-state index in [1.165, 1.54) is 12.1 Å². The minimum atomic E-state index is -0.470. The summed E-state index contributed by atoms with van der Waals surface area (Å²) in [6.45, 7) is 2.71. The van der Waals surface area contributed by atoms with Gasteiger partial charge in [0, 0.05) is 29.9 Å². The molecule has 0 amide bonds. The molecular weight excluding hydrogens is 348 g/mol. The molecule has 3 rings (SSSR count). The smallest absolute Gasteiger partial charge is 0.269 e. The van der Waals surface area contributed by atoms with Gasteiger partial charge < -0.3 is 14.5 Å². The molecule has 2 aromatic carbocycles. The lowest BCUT2D eigenvalue weighted by Gasteiger charge is -2.25. The van der Waals surface area contributed by atoms with E-state index in [4.69, 9.17) is 4.52 Å². The third-order valence-corrected chi connectivity index (χ3v) is 4.15. The highest BCUT2D eigenvalue weighted by Gasteiger charge is 2.17. The molecule has 1 aromatic heterocycles. The van der Waals surface area contributed by atoms with E-state index in [1.54, 1.807) is 12.1 Å². The van der Waals surface area contributed by atoms with E-state index in [0.29, 0.717) is 36.8 Å². The summed E-state index contributed by atoms with van der Waals surface area (Å²) in [6, 6.07) is 15.7. The summed E-state index contributed by atoms with van der Waals surface area (Å²) in [4.78, 5) is 16.7. The highest BCUT2D eigenvalue weighted by Crippen LogP contribution is 2.22. The van der Waals surface area contributed by atoms with Gasteiger partial charge in [-0.25, -0.2) is 0 Å². The van der Waals surface area contributed by atoms with Crippen LogP contribution in [0.25, 0.3) is 11.4 Å². The monoisotopic (exact) mass is 368 g/mol. The van der Waals surface area contributed by atoms with E-state index in [-0.39, 0.29) is 5.69 Å². The molecule has 3 aromatic rings. The van der Waals surface area contributed by atoms with Gasteiger partial charge >= 0.3 is 0 Å². The first-order valence-corrected chi connectivity index (χ1v) is 8.62. The molecule has 1 heterocycles. The Hall–Kier alpha value is -3.26. The summed E-state index contributed by atoms with van der Waals surface area (Å²) in [6.07, 6.45) is 0.170. The Bertz CT molecular complexity index is 880. The van der Waals surface area contributed by atoms with Crippen LogP contribution >= 0.6 is 0 Å². The second kappa shape index (κ2) is 8.41. The van der Waals surface area contributed by atoms with Gasteiger partial charge in [-0.1, -0.05) is 30.3 Å². The molecule has 8 heteroatoms. The number of rotatable bonds is 8. The minimum absolute atomic E-state index is 0.00581. The van der Waals surface area contributed by atoms with Crippen molar-refractivity contribution in [1.29, 1.82) is 0 Å². The van der Waals surface area contributed by atoms with Crippen molar-refractivity contribution in [1.82, 2.24) is 10.1 Å². The van der Waals surface area contributed by atoms with Crippen LogP contribution in [0.15, 0.2) is 59.1 Å². The molecule has 0 bridgehead atoms. The van der Waals surface area contributed by atoms with E-state index in [9.17, 15) is 15.2 Å². The molecule has 0 spiro atoms. The van der Waals surface area contributed by atoms with Gasteiger partial charge in [-0.05, 0) is 30.7 Å². The van der Waals surface area contributed by atoms with Crippen LogP contribution in [0, 0.1) is 10.1 Å². The maximum Gasteiger partial charge on any atom is 0.269 e. The van der Waals surface area contributed by atoms with Crippen LogP contribution < -0.4 is 4.90 Å². The number of para-hydroxylation sites is 1. The van der Waals surface area contributed by atoms with E-state index in [1.807, 2.05) is 42.2 Å². The lowest BCUT2D eigenvalue weighted by atomic mass is 10.2. The van der Waals surface area contributed by atoms with Crippen LogP contribution in [0.1, 0.15) is 19.2 Å². The first-order chi connectivity index (χ1) is 13.1. The van der Waals surface area contributed by atoms with Crippen molar-refractivity contribution in [2.75, 3.05) is 11.4 Å². The van der Waals surface area contributed by atoms with Crippen molar-refractivity contribution in [3.05, 3.63) is 70.6 Å². The Kier molecular flexibility index (Phi) is 5.77. The average molecular weight is 368 g/mol. The summed E-state index contributed by atoms with van der Waals surface area (Å²) in [5.74, 6) is 0.763. The molecule has 0 aliphatic carbocycles. The van der Waals surface area contributed by atoms with E-state index < -0.39 is 11.0 Å². The third kappa shape index (κ3) is 4.68. The number of nitro benzene ring substituents is 1. The molecule has 1 unspecified atom stereocenters. The predicted octanol–water partition coefficient (Wildman–Crippen LogP) is 3.42. The van der Waals surface area contributed by atoms with Crippen LogP contribution in [0.2, 0.25) is 0 Å². The van der Waals surface area contributed by atoms with Gasteiger partial charge in [0.2, 0.25) is 11.7 Å². The van der Waals surface area contributed by atoms with Gasteiger partial charge in [-0.2, -0.15) is 4.98 Å². The zero-order valence-electron chi connectivity index (χ0n) is 14.9. The molecule has 27 heavy (non-hydrogen) atoms. The summed E-state index contributed by atoms with van der Waals surface area (Å²) >= 11 is 0. The zero-order valence-corrected chi connectivity index (χ0v) is 14.9. The first kappa shape index (κ1) is 18.5. The number of aliphatic hydroxyl groups is 1. The van der Waals surface area contributed by atoms with Crippen LogP contribution in [0.3, 0.4) is 0 Å². The Morgan fingerprint density at radius 2 is 1.89 bits per heavy atom. The summed E-state index contributed by atoms with van der Waals surface area (Å²) in [5, 5.41) is 24.8. The number of hydrogen-bond donors (Lipinski definition) is 1. The zero-order chi connectivity index (χ0) is 19.2. The van der Waals surface area contributed by atoms with Gasteiger partial charge in [0.25, 0.3) is 5.69 Å². The third-order valence-electron chi connectivity index (χ3n) is 4.15. The van der Waals surface area contributed by atoms with Crippen LogP contribution in [0.4, 0.5) is 11.4 Å². The Balaban J connectivity index is 1.78. The highest BCUT2D eigenvalue weighted by atomic mass is 16.6. The van der Waals surface area contributed by atoms with Crippen molar-refractivity contribution in [2.24, 2.45) is 0 Å². The number of benzene rings is 2. The first-order valence-electron chi connectivity index (χ1n) is 8.62. The topological polar surface area (TPSA) is 106 Å². The Labute approximate surface area is 156 Å². The number of anilines is 1. The van der Waals surface area contributed by atoms with Crippen LogP contribution in [0.5, 0.6) is 0 Å². The van der Waals surface area contributed by atoms with Crippen molar-refractivity contribution in [3.8, 4) is 11.4 Å². The van der Waals surface area contributed by atoms with E-state index >= 15 is 0 Å². The number of non-ortho nitro benzene ring substituents is 1. The lowest BCUT2D eigenvalue weighted by molar-refractivity contribution is -0.384. The van der Waals surface area contributed by atoms with E-state index in [0.717, 1.165) is 5.69 Å². The van der Waals surface area contributed by atoms with Gasteiger partial charge in [-0.15, -0.1) is 0 Å². The molecule has 0 aliphatic rings. The predicted molar refractivity (Wildman–Crippen MR) is 100 cm³/mol. The quantitative estimate of drug-likeness (QED) is 0.479. The summed E-state index contributed by atoms with van der Waals surface area (Å²) < 4.78 is 5.35.